The van der Waals surface area contributed by atoms with Crippen LogP contribution in [0.15, 0.2) is 71.6 Å². The maximum absolute atomic E-state index is 13.9. The van der Waals surface area contributed by atoms with E-state index in [1.165, 1.54) is 47.4 Å². The molecule has 0 aliphatic heterocycles. The van der Waals surface area contributed by atoms with E-state index in [9.17, 15) is 18.0 Å². The fourth-order valence-corrected chi connectivity index (χ4v) is 5.96. The Bertz CT molecular complexity index is 1470. The Labute approximate surface area is 255 Å². The van der Waals surface area contributed by atoms with Crippen molar-refractivity contribution < 1.29 is 18.0 Å². The van der Waals surface area contributed by atoms with Gasteiger partial charge in [0.05, 0.1) is 10.6 Å². The average Bonchev–Trinajstić information content (AvgIpc) is 2.90. The van der Waals surface area contributed by atoms with Gasteiger partial charge in [0.15, 0.2) is 0 Å². The van der Waals surface area contributed by atoms with Crippen molar-refractivity contribution in [3.63, 3.8) is 0 Å². The molecule has 0 radical (unpaired) electrons. The summed E-state index contributed by atoms with van der Waals surface area (Å²) in [5.41, 5.74) is 0.717. The summed E-state index contributed by atoms with van der Waals surface area (Å²) in [5.74, 6) is -1.02. The van der Waals surface area contributed by atoms with Crippen LogP contribution in [0.1, 0.15) is 32.8 Å². The van der Waals surface area contributed by atoms with Gasteiger partial charge in [0.1, 0.15) is 12.6 Å². The number of nitrogens with one attached hydrogen (secondary N) is 1. The topological polar surface area (TPSA) is 86.8 Å². The fourth-order valence-electron chi connectivity index (χ4n) is 3.78. The predicted octanol–water partition coefficient (Wildman–Crippen LogP) is 6.83. The first kappa shape index (κ1) is 32.0. The van der Waals surface area contributed by atoms with E-state index in [4.69, 9.17) is 46.4 Å². The predicted molar refractivity (Wildman–Crippen MR) is 162 cm³/mol. The number of amides is 2. The van der Waals surface area contributed by atoms with Crippen molar-refractivity contribution in [1.82, 2.24) is 10.2 Å². The lowest BCUT2D eigenvalue weighted by Crippen LogP contribution is -2.52. The molecular weight excluding hydrogens is 616 g/mol. The van der Waals surface area contributed by atoms with Gasteiger partial charge in [0.25, 0.3) is 10.0 Å². The fraction of sp³-hybridized carbons (Fsp3) is 0.286. The number of halogens is 4. The summed E-state index contributed by atoms with van der Waals surface area (Å²) in [5, 5.41) is 4.24. The van der Waals surface area contributed by atoms with Crippen LogP contribution in [0.4, 0.5) is 5.69 Å². The van der Waals surface area contributed by atoms with Gasteiger partial charge in [-0.2, -0.15) is 0 Å². The number of carbonyl (C=O) groups excluding carboxylic acids is 2. The Morgan fingerprint density at radius 3 is 2.10 bits per heavy atom. The van der Waals surface area contributed by atoms with Crippen LogP contribution in [0, 0.1) is 0 Å². The molecule has 0 saturated heterocycles. The molecule has 12 heteroatoms. The molecule has 214 valence electrons. The molecule has 40 heavy (non-hydrogen) atoms. The highest BCUT2D eigenvalue weighted by atomic mass is 35.5. The number of nitrogens with zero attached hydrogens (tertiary/aromatic N) is 2. The molecule has 0 bridgehead atoms. The summed E-state index contributed by atoms with van der Waals surface area (Å²) in [6, 6.07) is 15.5. The third-order valence-electron chi connectivity index (χ3n) is 6.30. The molecule has 2 amide bonds. The van der Waals surface area contributed by atoms with Crippen LogP contribution in [-0.2, 0) is 26.2 Å². The molecular formula is C28H29Cl4N3O4S. The van der Waals surface area contributed by atoms with Crippen molar-refractivity contribution in [2.75, 3.05) is 10.8 Å². The molecule has 0 saturated carbocycles. The van der Waals surface area contributed by atoms with Crippen LogP contribution >= 0.6 is 46.4 Å². The lowest BCUT2D eigenvalue weighted by Gasteiger charge is -2.32. The van der Waals surface area contributed by atoms with E-state index in [1.54, 1.807) is 31.2 Å². The normalized spacial score (nSPS) is 12.9. The molecule has 0 unspecified atom stereocenters. The Morgan fingerprint density at radius 2 is 1.50 bits per heavy atom. The molecule has 0 spiro atoms. The second-order valence-electron chi connectivity index (χ2n) is 9.20. The quantitative estimate of drug-likeness (QED) is 0.248. The Kier molecular flexibility index (Phi) is 11.1. The standard InChI is InChI=1S/C28H29Cl4N3O4S/c1-4-18(2)33-28(37)19(3)34(16-20-8-9-23(31)15-26(20)32)27(36)17-35(24-7-5-6-22(30)14-24)40(38,39)25-12-10-21(29)11-13-25/h5-15,18-19H,4,16-17H2,1-3H3,(H,33,37)/t18-,19+/m1/s1. The highest BCUT2D eigenvalue weighted by Gasteiger charge is 2.33. The number of anilines is 1. The largest absolute Gasteiger partial charge is 0.352 e. The molecule has 0 aliphatic carbocycles. The van der Waals surface area contributed by atoms with Crippen molar-refractivity contribution in [2.45, 2.75) is 50.7 Å². The Hall–Kier alpha value is -2.49. The van der Waals surface area contributed by atoms with Crippen molar-refractivity contribution in [2.24, 2.45) is 0 Å². The van der Waals surface area contributed by atoms with Gasteiger partial charge in [-0.1, -0.05) is 65.5 Å². The summed E-state index contributed by atoms with van der Waals surface area (Å²) in [6.07, 6.45) is 0.692. The molecule has 3 aromatic carbocycles. The first-order valence-electron chi connectivity index (χ1n) is 12.4. The lowest BCUT2D eigenvalue weighted by molar-refractivity contribution is -0.139. The van der Waals surface area contributed by atoms with Crippen molar-refractivity contribution in [3.05, 3.63) is 92.4 Å². The zero-order valence-electron chi connectivity index (χ0n) is 22.1. The first-order valence-corrected chi connectivity index (χ1v) is 15.4. The lowest BCUT2D eigenvalue weighted by atomic mass is 10.1. The molecule has 0 aromatic heterocycles. The number of hydrogen-bond acceptors (Lipinski definition) is 4. The van der Waals surface area contributed by atoms with E-state index >= 15 is 0 Å². The molecule has 3 aromatic rings. The number of benzene rings is 3. The molecule has 1 N–H and O–H groups in total. The molecule has 2 atom stereocenters. The van der Waals surface area contributed by atoms with Gasteiger partial charge in [0.2, 0.25) is 11.8 Å². The number of carbonyl (C=O) groups is 2. The van der Waals surface area contributed by atoms with E-state index in [0.717, 1.165) is 4.31 Å². The smallest absolute Gasteiger partial charge is 0.264 e. The second-order valence-corrected chi connectivity index (χ2v) is 12.8. The van der Waals surface area contributed by atoms with Gasteiger partial charge in [-0.15, -0.1) is 0 Å². The van der Waals surface area contributed by atoms with Crippen LogP contribution in [0.3, 0.4) is 0 Å². The monoisotopic (exact) mass is 643 g/mol. The number of rotatable bonds is 11. The summed E-state index contributed by atoms with van der Waals surface area (Å²) < 4.78 is 28.6. The van der Waals surface area contributed by atoms with Crippen LogP contribution in [-0.4, -0.2) is 43.8 Å². The minimum Gasteiger partial charge on any atom is -0.352 e. The highest BCUT2D eigenvalue weighted by molar-refractivity contribution is 7.92. The molecule has 3 rings (SSSR count). The number of hydrogen-bond donors (Lipinski definition) is 1. The van der Waals surface area contributed by atoms with Crippen molar-refractivity contribution >= 4 is 73.9 Å². The van der Waals surface area contributed by atoms with Crippen LogP contribution in [0.25, 0.3) is 0 Å². The summed E-state index contributed by atoms with van der Waals surface area (Å²) >= 11 is 24.6. The van der Waals surface area contributed by atoms with E-state index in [1.807, 2.05) is 13.8 Å². The van der Waals surface area contributed by atoms with Gasteiger partial charge >= 0.3 is 0 Å². The Morgan fingerprint density at radius 1 is 0.875 bits per heavy atom. The summed E-state index contributed by atoms with van der Waals surface area (Å²) in [4.78, 5) is 28.3. The summed E-state index contributed by atoms with van der Waals surface area (Å²) in [6.45, 7) is 4.69. The van der Waals surface area contributed by atoms with E-state index in [2.05, 4.69) is 5.32 Å². The van der Waals surface area contributed by atoms with Gasteiger partial charge < -0.3 is 10.2 Å². The van der Waals surface area contributed by atoms with Crippen molar-refractivity contribution in [3.8, 4) is 0 Å². The zero-order chi connectivity index (χ0) is 29.6. The van der Waals surface area contributed by atoms with Gasteiger partial charge in [0, 0.05) is 32.7 Å². The first-order chi connectivity index (χ1) is 18.8. The van der Waals surface area contributed by atoms with Crippen LogP contribution < -0.4 is 9.62 Å². The SMILES string of the molecule is CC[C@@H](C)NC(=O)[C@H](C)N(Cc1ccc(Cl)cc1Cl)C(=O)CN(c1cccc(Cl)c1)S(=O)(=O)c1ccc(Cl)cc1. The third-order valence-corrected chi connectivity index (χ3v) is 9.16. The molecule has 0 aliphatic rings. The van der Waals surface area contributed by atoms with Gasteiger partial charge in [-0.3, -0.25) is 13.9 Å². The van der Waals surface area contributed by atoms with Crippen LogP contribution in [0.2, 0.25) is 20.1 Å². The van der Waals surface area contributed by atoms with E-state index in [-0.39, 0.29) is 34.1 Å². The van der Waals surface area contributed by atoms with E-state index < -0.39 is 28.5 Å². The zero-order valence-corrected chi connectivity index (χ0v) is 25.9. The molecule has 0 heterocycles. The van der Waals surface area contributed by atoms with Gasteiger partial charge in [-0.05, 0) is 80.4 Å². The maximum atomic E-state index is 13.9. The second kappa shape index (κ2) is 13.9. The molecule has 0 fully saturated rings. The van der Waals surface area contributed by atoms with E-state index in [0.29, 0.717) is 27.1 Å². The summed E-state index contributed by atoms with van der Waals surface area (Å²) in [7, 11) is -4.25. The number of sulfonamides is 1. The average molecular weight is 645 g/mol. The third kappa shape index (κ3) is 8.04. The van der Waals surface area contributed by atoms with Crippen LogP contribution in [0.5, 0.6) is 0 Å². The van der Waals surface area contributed by atoms with Crippen molar-refractivity contribution in [1.29, 1.82) is 0 Å². The molecule has 7 nitrogen and oxygen atoms in total. The minimum atomic E-state index is -4.25. The van der Waals surface area contributed by atoms with Gasteiger partial charge in [-0.25, -0.2) is 8.42 Å². The Balaban J connectivity index is 2.05. The highest BCUT2D eigenvalue weighted by Crippen LogP contribution is 2.28. The maximum Gasteiger partial charge on any atom is 0.264 e. The minimum absolute atomic E-state index is 0.0612.